The van der Waals surface area contributed by atoms with Crippen molar-refractivity contribution in [1.82, 2.24) is 20.4 Å². The van der Waals surface area contributed by atoms with Gasteiger partial charge in [-0.05, 0) is 12.8 Å². The quantitative estimate of drug-likeness (QED) is 0.664. The Bertz CT molecular complexity index is 456. The minimum absolute atomic E-state index is 0.0231. The minimum atomic E-state index is -0.196. The van der Waals surface area contributed by atoms with E-state index in [1.54, 1.807) is 11.9 Å². The van der Waals surface area contributed by atoms with E-state index in [0.717, 1.165) is 12.8 Å². The first-order valence-corrected chi connectivity index (χ1v) is 5.93. The number of nitrogens with one attached hydrogen (secondary N) is 2. The molecule has 2 amide bonds. The molecule has 1 aromatic rings. The molecule has 1 unspecified atom stereocenters. The topological polar surface area (TPSA) is 104 Å². The molecule has 2 heterocycles. The van der Waals surface area contributed by atoms with Crippen molar-refractivity contribution in [2.75, 3.05) is 25.9 Å². The Balaban J connectivity index is 2.07. The van der Waals surface area contributed by atoms with Crippen LogP contribution in [0.2, 0.25) is 0 Å². The van der Waals surface area contributed by atoms with Gasteiger partial charge >= 0.3 is 0 Å². The van der Waals surface area contributed by atoms with Gasteiger partial charge in [0.1, 0.15) is 5.69 Å². The SMILES string of the molecule is CNC(=O)C1CCCN(C(=O)c2[nH]ncc2N)C1. The largest absolute Gasteiger partial charge is 0.396 e. The molecule has 0 radical (unpaired) electrons. The lowest BCUT2D eigenvalue weighted by atomic mass is 9.97. The average molecular weight is 251 g/mol. The number of carbonyl (C=O) groups excluding carboxylic acids is 2. The molecular formula is C11H17N5O2. The van der Waals surface area contributed by atoms with Gasteiger partial charge in [-0.3, -0.25) is 14.7 Å². The molecule has 0 saturated carbocycles. The van der Waals surface area contributed by atoms with E-state index in [-0.39, 0.29) is 17.7 Å². The summed E-state index contributed by atoms with van der Waals surface area (Å²) in [5.74, 6) is -0.361. The standard InChI is InChI=1S/C11H17N5O2/c1-13-10(17)7-3-2-4-16(6-7)11(18)9-8(12)5-14-15-9/h5,7H,2-4,6,12H2,1H3,(H,13,17)(H,14,15). The molecule has 1 saturated heterocycles. The summed E-state index contributed by atoms with van der Waals surface area (Å²) in [6.45, 7) is 1.07. The van der Waals surface area contributed by atoms with Crippen LogP contribution in [0.5, 0.6) is 0 Å². The van der Waals surface area contributed by atoms with Crippen molar-refractivity contribution in [3.05, 3.63) is 11.9 Å². The highest BCUT2D eigenvalue weighted by atomic mass is 16.2. The fraction of sp³-hybridized carbons (Fsp3) is 0.545. The highest BCUT2D eigenvalue weighted by molar-refractivity contribution is 5.97. The first kappa shape index (κ1) is 12.4. The van der Waals surface area contributed by atoms with E-state index in [2.05, 4.69) is 15.5 Å². The second-order valence-corrected chi connectivity index (χ2v) is 4.40. The molecule has 7 nitrogen and oxygen atoms in total. The Hall–Kier alpha value is -2.05. The van der Waals surface area contributed by atoms with Crippen molar-refractivity contribution in [2.24, 2.45) is 5.92 Å². The smallest absolute Gasteiger partial charge is 0.274 e. The first-order valence-electron chi connectivity index (χ1n) is 5.93. The average Bonchev–Trinajstić information content (AvgIpc) is 2.83. The number of nitrogens with two attached hydrogens (primary N) is 1. The first-order chi connectivity index (χ1) is 8.63. The molecule has 2 rings (SSSR count). The van der Waals surface area contributed by atoms with Crippen molar-refractivity contribution in [2.45, 2.75) is 12.8 Å². The van der Waals surface area contributed by atoms with Gasteiger partial charge in [-0.15, -0.1) is 0 Å². The van der Waals surface area contributed by atoms with Gasteiger partial charge in [-0.25, -0.2) is 0 Å². The number of piperidine rings is 1. The van der Waals surface area contributed by atoms with Crippen LogP contribution < -0.4 is 11.1 Å². The number of rotatable bonds is 2. The van der Waals surface area contributed by atoms with Gasteiger partial charge in [0.15, 0.2) is 0 Å². The molecule has 98 valence electrons. The van der Waals surface area contributed by atoms with Crippen LogP contribution in [0.3, 0.4) is 0 Å². The van der Waals surface area contributed by atoms with E-state index in [1.165, 1.54) is 6.20 Å². The predicted octanol–water partition coefficient (Wildman–Crippen LogP) is -0.410. The fourth-order valence-corrected chi connectivity index (χ4v) is 2.20. The normalized spacial score (nSPS) is 19.6. The molecular weight excluding hydrogens is 234 g/mol. The zero-order chi connectivity index (χ0) is 13.1. The number of aromatic amines is 1. The third-order valence-electron chi connectivity index (χ3n) is 3.21. The number of carbonyl (C=O) groups is 2. The molecule has 0 aliphatic carbocycles. The van der Waals surface area contributed by atoms with E-state index >= 15 is 0 Å². The number of nitrogens with zero attached hydrogens (tertiary/aromatic N) is 2. The number of anilines is 1. The minimum Gasteiger partial charge on any atom is -0.396 e. The Morgan fingerprint density at radius 1 is 1.61 bits per heavy atom. The van der Waals surface area contributed by atoms with Gasteiger partial charge in [-0.2, -0.15) is 5.10 Å². The fourth-order valence-electron chi connectivity index (χ4n) is 2.20. The zero-order valence-corrected chi connectivity index (χ0v) is 10.3. The molecule has 1 aliphatic heterocycles. The van der Waals surface area contributed by atoms with Crippen LogP contribution in [-0.4, -0.2) is 47.0 Å². The van der Waals surface area contributed by atoms with E-state index in [1.807, 2.05) is 0 Å². The van der Waals surface area contributed by atoms with E-state index in [9.17, 15) is 9.59 Å². The van der Waals surface area contributed by atoms with Gasteiger partial charge in [0.25, 0.3) is 5.91 Å². The Kier molecular flexibility index (Phi) is 3.50. The van der Waals surface area contributed by atoms with Gasteiger partial charge in [0.2, 0.25) is 5.91 Å². The molecule has 1 atom stereocenters. The number of hydrogen-bond acceptors (Lipinski definition) is 4. The summed E-state index contributed by atoms with van der Waals surface area (Å²) in [7, 11) is 1.61. The van der Waals surface area contributed by atoms with Crippen molar-refractivity contribution in [3.63, 3.8) is 0 Å². The van der Waals surface area contributed by atoms with Crippen LogP contribution in [0.15, 0.2) is 6.20 Å². The van der Waals surface area contributed by atoms with Gasteiger partial charge in [-0.1, -0.05) is 0 Å². The molecule has 4 N–H and O–H groups in total. The van der Waals surface area contributed by atoms with Crippen molar-refractivity contribution < 1.29 is 9.59 Å². The van der Waals surface area contributed by atoms with Crippen molar-refractivity contribution >= 4 is 17.5 Å². The van der Waals surface area contributed by atoms with Crippen molar-refractivity contribution in [1.29, 1.82) is 0 Å². The molecule has 0 spiro atoms. The van der Waals surface area contributed by atoms with Crippen LogP contribution in [-0.2, 0) is 4.79 Å². The molecule has 1 fully saturated rings. The Labute approximate surface area is 105 Å². The zero-order valence-electron chi connectivity index (χ0n) is 10.3. The van der Waals surface area contributed by atoms with Crippen LogP contribution in [0, 0.1) is 5.92 Å². The van der Waals surface area contributed by atoms with E-state index < -0.39 is 0 Å². The number of amides is 2. The lowest BCUT2D eigenvalue weighted by molar-refractivity contribution is -0.125. The predicted molar refractivity (Wildman–Crippen MR) is 65.7 cm³/mol. The van der Waals surface area contributed by atoms with E-state index in [0.29, 0.717) is 24.5 Å². The molecule has 1 aliphatic rings. The summed E-state index contributed by atoms with van der Waals surface area (Å²) < 4.78 is 0. The summed E-state index contributed by atoms with van der Waals surface area (Å²) in [5, 5.41) is 8.94. The molecule has 0 bridgehead atoms. The Morgan fingerprint density at radius 3 is 3.00 bits per heavy atom. The molecule has 7 heteroatoms. The maximum atomic E-state index is 12.2. The van der Waals surface area contributed by atoms with Gasteiger partial charge < -0.3 is 16.0 Å². The number of aromatic nitrogens is 2. The van der Waals surface area contributed by atoms with E-state index in [4.69, 9.17) is 5.73 Å². The summed E-state index contributed by atoms with van der Waals surface area (Å²) in [6, 6.07) is 0. The van der Waals surface area contributed by atoms with Crippen LogP contribution in [0.1, 0.15) is 23.3 Å². The summed E-state index contributed by atoms with van der Waals surface area (Å²) in [4.78, 5) is 25.4. The third kappa shape index (κ3) is 2.29. The third-order valence-corrected chi connectivity index (χ3v) is 3.21. The second-order valence-electron chi connectivity index (χ2n) is 4.40. The van der Waals surface area contributed by atoms with Crippen molar-refractivity contribution in [3.8, 4) is 0 Å². The monoisotopic (exact) mass is 251 g/mol. The highest BCUT2D eigenvalue weighted by Gasteiger charge is 2.29. The molecule has 1 aromatic heterocycles. The summed E-state index contributed by atoms with van der Waals surface area (Å²) >= 11 is 0. The lowest BCUT2D eigenvalue weighted by Crippen LogP contribution is -2.45. The van der Waals surface area contributed by atoms with Gasteiger partial charge in [0, 0.05) is 20.1 Å². The summed E-state index contributed by atoms with van der Waals surface area (Å²) in [5.41, 5.74) is 6.28. The molecule has 0 aromatic carbocycles. The maximum absolute atomic E-state index is 12.2. The second kappa shape index (κ2) is 5.07. The number of H-pyrrole nitrogens is 1. The lowest BCUT2D eigenvalue weighted by Gasteiger charge is -2.31. The number of hydrogen-bond donors (Lipinski definition) is 3. The van der Waals surface area contributed by atoms with Crippen LogP contribution >= 0.6 is 0 Å². The van der Waals surface area contributed by atoms with Crippen LogP contribution in [0.25, 0.3) is 0 Å². The Morgan fingerprint density at radius 2 is 2.39 bits per heavy atom. The highest BCUT2D eigenvalue weighted by Crippen LogP contribution is 2.19. The summed E-state index contributed by atoms with van der Waals surface area (Å²) in [6.07, 6.45) is 3.03. The number of nitrogen functional groups attached to an aromatic ring is 1. The van der Waals surface area contributed by atoms with Crippen LogP contribution in [0.4, 0.5) is 5.69 Å². The van der Waals surface area contributed by atoms with Gasteiger partial charge in [0.05, 0.1) is 17.8 Å². The molecule has 18 heavy (non-hydrogen) atoms. The number of likely N-dealkylation sites (tertiary alicyclic amines) is 1. The maximum Gasteiger partial charge on any atom is 0.274 e.